The Morgan fingerprint density at radius 1 is 0.462 bits per heavy atom. The second-order valence-electron chi connectivity index (χ2n) is 14.4. The molecule has 0 saturated carbocycles. The summed E-state index contributed by atoms with van der Waals surface area (Å²) in [5, 5.41) is 9.58. The number of hydrogen-bond donors (Lipinski definition) is 1. The van der Waals surface area contributed by atoms with Crippen molar-refractivity contribution in [3.8, 4) is 0 Å². The molecule has 0 aromatic rings. The lowest BCUT2D eigenvalue weighted by Gasteiger charge is -2.15. The molecule has 1 N–H and O–H groups in total. The number of carbonyl (C=O) groups is 2. The molecule has 0 fully saturated rings. The van der Waals surface area contributed by atoms with Gasteiger partial charge in [-0.3, -0.25) is 9.59 Å². The Labute approximate surface area is 321 Å². The number of carbonyl (C=O) groups excluding carboxylic acids is 2. The number of aliphatic hydroxyl groups is 1. The van der Waals surface area contributed by atoms with E-state index in [4.69, 9.17) is 9.47 Å². The monoisotopic (exact) mass is 727 g/mol. The van der Waals surface area contributed by atoms with Crippen LogP contribution in [-0.2, 0) is 19.1 Å². The van der Waals surface area contributed by atoms with Crippen molar-refractivity contribution in [3.05, 3.63) is 60.8 Å². The van der Waals surface area contributed by atoms with Crippen molar-refractivity contribution < 1.29 is 24.2 Å². The van der Waals surface area contributed by atoms with Crippen LogP contribution in [0.15, 0.2) is 60.8 Å². The molecular formula is C47H82O5. The molecule has 52 heavy (non-hydrogen) atoms. The molecule has 300 valence electrons. The summed E-state index contributed by atoms with van der Waals surface area (Å²) >= 11 is 0. The molecule has 0 bridgehead atoms. The minimum absolute atomic E-state index is 0.0791. The average Bonchev–Trinajstić information content (AvgIpc) is 3.15. The molecule has 0 saturated heterocycles. The van der Waals surface area contributed by atoms with Crippen LogP contribution in [0, 0.1) is 0 Å². The summed E-state index contributed by atoms with van der Waals surface area (Å²) < 4.78 is 10.6. The van der Waals surface area contributed by atoms with Gasteiger partial charge in [0, 0.05) is 12.8 Å². The first-order chi connectivity index (χ1) is 25.6. The summed E-state index contributed by atoms with van der Waals surface area (Å²) in [5.41, 5.74) is 0. The minimum Gasteiger partial charge on any atom is -0.462 e. The standard InChI is InChI=1S/C47H82O5/c1-3-5-7-9-11-13-15-17-19-21-23-25-27-29-31-33-35-37-39-41-46(49)51-44-45(43-48)52-47(50)42-40-38-36-34-32-30-28-26-24-22-20-18-16-14-12-10-8-6-4-2/h6,8,12,14,18,20,24,26,30,32,45,48H,3-5,7,9-11,13,15-17,19,21-23,25,27-29,31,33-44H2,1-2H3/b8-6+,14-12+,20-18+,26-24+,32-30+/t45-/m0/s1. The maximum absolute atomic E-state index is 12.2. The third-order valence-electron chi connectivity index (χ3n) is 9.33. The molecule has 0 aromatic carbocycles. The van der Waals surface area contributed by atoms with Crippen molar-refractivity contribution >= 4 is 11.9 Å². The van der Waals surface area contributed by atoms with E-state index in [-0.39, 0.29) is 25.2 Å². The van der Waals surface area contributed by atoms with E-state index in [1.54, 1.807) is 0 Å². The molecule has 0 aromatic heterocycles. The number of rotatable bonds is 39. The van der Waals surface area contributed by atoms with E-state index in [0.29, 0.717) is 12.8 Å². The number of ether oxygens (including phenoxy) is 2. The van der Waals surface area contributed by atoms with Crippen molar-refractivity contribution in [1.82, 2.24) is 0 Å². The molecule has 5 heteroatoms. The lowest BCUT2D eigenvalue weighted by atomic mass is 10.0. The zero-order valence-corrected chi connectivity index (χ0v) is 34.1. The van der Waals surface area contributed by atoms with Gasteiger partial charge in [0.2, 0.25) is 0 Å². The fraction of sp³-hybridized carbons (Fsp3) is 0.745. The fourth-order valence-corrected chi connectivity index (χ4v) is 6.05. The molecule has 0 unspecified atom stereocenters. The van der Waals surface area contributed by atoms with Crippen molar-refractivity contribution in [2.45, 2.75) is 213 Å². The highest BCUT2D eigenvalue weighted by atomic mass is 16.6. The van der Waals surface area contributed by atoms with Gasteiger partial charge in [0.15, 0.2) is 6.10 Å². The smallest absolute Gasteiger partial charge is 0.306 e. The Hall–Kier alpha value is -2.40. The molecule has 0 radical (unpaired) electrons. The largest absolute Gasteiger partial charge is 0.462 e. The van der Waals surface area contributed by atoms with E-state index in [2.05, 4.69) is 74.6 Å². The second-order valence-corrected chi connectivity index (χ2v) is 14.4. The van der Waals surface area contributed by atoms with Crippen LogP contribution in [0.2, 0.25) is 0 Å². The molecular weight excluding hydrogens is 645 g/mol. The van der Waals surface area contributed by atoms with Gasteiger partial charge in [-0.05, 0) is 57.8 Å². The number of aliphatic hydroxyl groups excluding tert-OH is 1. The quantitative estimate of drug-likeness (QED) is 0.0388. The van der Waals surface area contributed by atoms with Gasteiger partial charge < -0.3 is 14.6 Å². The summed E-state index contributed by atoms with van der Waals surface area (Å²) in [6, 6.07) is 0. The van der Waals surface area contributed by atoms with E-state index in [0.717, 1.165) is 77.0 Å². The third-order valence-corrected chi connectivity index (χ3v) is 9.33. The molecule has 0 amide bonds. The van der Waals surface area contributed by atoms with Crippen LogP contribution in [0.4, 0.5) is 0 Å². The summed E-state index contributed by atoms with van der Waals surface area (Å²) in [7, 11) is 0. The zero-order valence-electron chi connectivity index (χ0n) is 34.1. The van der Waals surface area contributed by atoms with E-state index in [1.807, 2.05) is 0 Å². The number of hydrogen-bond acceptors (Lipinski definition) is 5. The predicted molar refractivity (Wildman–Crippen MR) is 223 cm³/mol. The molecule has 0 aliphatic heterocycles. The van der Waals surface area contributed by atoms with Gasteiger partial charge in [-0.25, -0.2) is 0 Å². The summed E-state index contributed by atoms with van der Waals surface area (Å²) in [6.07, 6.45) is 55.8. The van der Waals surface area contributed by atoms with Crippen LogP contribution in [-0.4, -0.2) is 36.4 Å². The van der Waals surface area contributed by atoms with Gasteiger partial charge in [-0.2, -0.15) is 0 Å². The van der Waals surface area contributed by atoms with Crippen LogP contribution >= 0.6 is 0 Å². The molecule has 0 spiro atoms. The van der Waals surface area contributed by atoms with Crippen LogP contribution in [0.1, 0.15) is 206 Å². The maximum atomic E-state index is 12.2. The fourth-order valence-electron chi connectivity index (χ4n) is 6.05. The maximum Gasteiger partial charge on any atom is 0.306 e. The SMILES string of the molecule is CC/C=C/C/C=C/C/C=C/C/C=C/C/C=C/CCCCCC(=O)O[C@@H](CO)COC(=O)CCCCCCCCCCCCCCCCCCCCC. The highest BCUT2D eigenvalue weighted by Gasteiger charge is 2.16. The van der Waals surface area contributed by atoms with E-state index in [9.17, 15) is 14.7 Å². The first-order valence-corrected chi connectivity index (χ1v) is 21.8. The number of unbranched alkanes of at least 4 members (excludes halogenated alkanes) is 21. The van der Waals surface area contributed by atoms with Gasteiger partial charge >= 0.3 is 11.9 Å². The Bertz CT molecular complexity index is 915. The summed E-state index contributed by atoms with van der Waals surface area (Å²) in [4.78, 5) is 24.3. The Balaban J connectivity index is 3.59. The lowest BCUT2D eigenvalue weighted by Crippen LogP contribution is -2.28. The van der Waals surface area contributed by atoms with Gasteiger partial charge in [0.05, 0.1) is 6.61 Å². The molecule has 0 aliphatic carbocycles. The molecule has 5 nitrogen and oxygen atoms in total. The Morgan fingerprint density at radius 3 is 1.25 bits per heavy atom. The van der Waals surface area contributed by atoms with Crippen molar-refractivity contribution in [3.63, 3.8) is 0 Å². The average molecular weight is 727 g/mol. The van der Waals surface area contributed by atoms with E-state index < -0.39 is 6.10 Å². The van der Waals surface area contributed by atoms with Crippen LogP contribution in [0.5, 0.6) is 0 Å². The zero-order chi connectivity index (χ0) is 37.8. The highest BCUT2D eigenvalue weighted by Crippen LogP contribution is 2.15. The van der Waals surface area contributed by atoms with Crippen LogP contribution in [0.25, 0.3) is 0 Å². The highest BCUT2D eigenvalue weighted by molar-refractivity contribution is 5.70. The molecule has 0 rings (SSSR count). The first-order valence-electron chi connectivity index (χ1n) is 21.8. The van der Waals surface area contributed by atoms with Crippen LogP contribution in [0.3, 0.4) is 0 Å². The van der Waals surface area contributed by atoms with Crippen molar-refractivity contribution in [2.75, 3.05) is 13.2 Å². The molecule has 0 heterocycles. The summed E-state index contributed by atoms with van der Waals surface area (Å²) in [5.74, 6) is -0.625. The number of allylic oxidation sites excluding steroid dienone is 10. The topological polar surface area (TPSA) is 72.8 Å². The second kappa shape index (κ2) is 43.0. The summed E-state index contributed by atoms with van der Waals surface area (Å²) in [6.45, 7) is 4.01. The van der Waals surface area contributed by atoms with Crippen molar-refractivity contribution in [1.29, 1.82) is 0 Å². The minimum atomic E-state index is -0.789. The van der Waals surface area contributed by atoms with Crippen LogP contribution < -0.4 is 0 Å². The van der Waals surface area contributed by atoms with Gasteiger partial charge in [0.1, 0.15) is 6.61 Å². The molecule has 0 aliphatic rings. The lowest BCUT2D eigenvalue weighted by molar-refractivity contribution is -0.161. The number of esters is 2. The predicted octanol–water partition coefficient (Wildman–Crippen LogP) is 14.0. The third kappa shape index (κ3) is 40.4. The van der Waals surface area contributed by atoms with Crippen molar-refractivity contribution in [2.24, 2.45) is 0 Å². The van der Waals surface area contributed by atoms with Gasteiger partial charge in [-0.1, -0.05) is 197 Å². The Kier molecular flexibility index (Phi) is 41.0. The molecule has 1 atom stereocenters. The van der Waals surface area contributed by atoms with E-state index in [1.165, 1.54) is 103 Å². The van der Waals surface area contributed by atoms with Gasteiger partial charge in [0.25, 0.3) is 0 Å². The first kappa shape index (κ1) is 49.6. The van der Waals surface area contributed by atoms with Gasteiger partial charge in [-0.15, -0.1) is 0 Å². The Morgan fingerprint density at radius 2 is 0.827 bits per heavy atom. The normalized spacial score (nSPS) is 12.8. The van der Waals surface area contributed by atoms with E-state index >= 15 is 0 Å².